The van der Waals surface area contributed by atoms with E-state index in [2.05, 4.69) is 20.8 Å². The average molecular weight is 252 g/mol. The average Bonchev–Trinajstić information content (AvgIpc) is 2.74. The van der Waals surface area contributed by atoms with Crippen LogP contribution in [0.3, 0.4) is 0 Å². The maximum Gasteiger partial charge on any atom is 0.445 e. The van der Waals surface area contributed by atoms with Gasteiger partial charge in [-0.2, -0.15) is 13.2 Å². The van der Waals surface area contributed by atoms with Crippen molar-refractivity contribution in [3.05, 3.63) is 5.01 Å². The number of rotatable bonds is 2. The molecule has 88 valence electrons. The zero-order valence-corrected chi connectivity index (χ0v) is 8.65. The standard InChI is InChI=1S/C7H7F3N4OS/c8-7(9,10)5-13-14-6(16-5)12-3-1-4(15)11-2-3/h3H,1-2H2,(H,11,15)(H,12,14). The van der Waals surface area contributed by atoms with Gasteiger partial charge in [-0.1, -0.05) is 11.3 Å². The van der Waals surface area contributed by atoms with Gasteiger partial charge in [-0.05, 0) is 0 Å². The Morgan fingerprint density at radius 3 is 2.69 bits per heavy atom. The zero-order valence-electron chi connectivity index (χ0n) is 7.84. The fourth-order valence-corrected chi connectivity index (χ4v) is 1.97. The van der Waals surface area contributed by atoms with E-state index in [0.717, 1.165) is 0 Å². The second kappa shape index (κ2) is 3.89. The van der Waals surface area contributed by atoms with E-state index in [-0.39, 0.29) is 23.5 Å². The number of nitrogens with one attached hydrogen (secondary N) is 2. The van der Waals surface area contributed by atoms with Gasteiger partial charge in [0.1, 0.15) is 0 Å². The molecule has 0 aliphatic carbocycles. The minimum atomic E-state index is -4.47. The number of nitrogens with zero attached hydrogens (tertiary/aromatic N) is 2. The number of halogens is 3. The minimum Gasteiger partial charge on any atom is -0.355 e. The Hall–Kier alpha value is -1.38. The summed E-state index contributed by atoms with van der Waals surface area (Å²) in [7, 11) is 0. The third kappa shape index (κ3) is 2.40. The first-order chi connectivity index (χ1) is 7.45. The smallest absolute Gasteiger partial charge is 0.355 e. The van der Waals surface area contributed by atoms with Crippen LogP contribution in [0.15, 0.2) is 0 Å². The third-order valence-corrected chi connectivity index (χ3v) is 2.87. The minimum absolute atomic E-state index is 0.0776. The van der Waals surface area contributed by atoms with E-state index < -0.39 is 11.2 Å². The Morgan fingerprint density at radius 1 is 1.44 bits per heavy atom. The molecule has 2 N–H and O–H groups in total. The summed E-state index contributed by atoms with van der Waals surface area (Å²) in [4.78, 5) is 10.8. The number of carbonyl (C=O) groups excluding carboxylic acids is 1. The number of anilines is 1. The topological polar surface area (TPSA) is 66.9 Å². The van der Waals surface area contributed by atoms with Crippen LogP contribution < -0.4 is 10.6 Å². The number of carbonyl (C=O) groups is 1. The van der Waals surface area contributed by atoms with Crippen LogP contribution in [0.1, 0.15) is 11.4 Å². The summed E-state index contributed by atoms with van der Waals surface area (Å²) in [6.07, 6.45) is -4.23. The molecule has 2 rings (SSSR count). The summed E-state index contributed by atoms with van der Waals surface area (Å²) in [6.45, 7) is 0.389. The van der Waals surface area contributed by atoms with Gasteiger partial charge < -0.3 is 10.6 Å². The molecule has 0 bridgehead atoms. The SMILES string of the molecule is O=C1CC(Nc2nnc(C(F)(F)F)s2)CN1. The van der Waals surface area contributed by atoms with E-state index in [4.69, 9.17) is 0 Å². The van der Waals surface area contributed by atoms with Gasteiger partial charge in [-0.3, -0.25) is 4.79 Å². The van der Waals surface area contributed by atoms with Gasteiger partial charge in [-0.25, -0.2) is 0 Å². The molecule has 0 spiro atoms. The van der Waals surface area contributed by atoms with Gasteiger partial charge in [0.2, 0.25) is 16.0 Å². The lowest BCUT2D eigenvalue weighted by Gasteiger charge is -2.06. The number of amides is 1. The molecule has 0 saturated carbocycles. The normalized spacial score (nSPS) is 20.9. The Bertz CT molecular complexity index is 405. The molecule has 1 amide bonds. The molecule has 1 aromatic heterocycles. The van der Waals surface area contributed by atoms with Crippen LogP contribution in [0.5, 0.6) is 0 Å². The molecular formula is C7H7F3N4OS. The van der Waals surface area contributed by atoms with E-state index in [1.807, 2.05) is 0 Å². The first-order valence-electron chi connectivity index (χ1n) is 4.39. The highest BCUT2D eigenvalue weighted by Crippen LogP contribution is 2.33. The second-order valence-electron chi connectivity index (χ2n) is 3.26. The quantitative estimate of drug-likeness (QED) is 0.819. The molecule has 9 heteroatoms. The van der Waals surface area contributed by atoms with Crippen molar-refractivity contribution in [1.82, 2.24) is 15.5 Å². The number of hydrogen-bond acceptors (Lipinski definition) is 5. The van der Waals surface area contributed by atoms with Gasteiger partial charge in [-0.15, -0.1) is 10.2 Å². The predicted octanol–water partition coefficient (Wildman–Crippen LogP) is 0.857. The van der Waals surface area contributed by atoms with Crippen molar-refractivity contribution in [2.24, 2.45) is 0 Å². The molecule has 5 nitrogen and oxygen atoms in total. The summed E-state index contributed by atoms with van der Waals surface area (Å²) in [5.41, 5.74) is 0. The van der Waals surface area contributed by atoms with Gasteiger partial charge in [0.15, 0.2) is 0 Å². The van der Waals surface area contributed by atoms with E-state index >= 15 is 0 Å². The summed E-state index contributed by atoms with van der Waals surface area (Å²) in [5, 5.41) is 10.8. The molecule has 1 aliphatic heterocycles. The monoisotopic (exact) mass is 252 g/mol. The van der Waals surface area contributed by atoms with Crippen molar-refractivity contribution in [3.63, 3.8) is 0 Å². The third-order valence-electron chi connectivity index (χ3n) is 1.97. The lowest BCUT2D eigenvalue weighted by Crippen LogP contribution is -2.22. The molecule has 1 aromatic rings. The Kier molecular flexibility index (Phi) is 2.70. The summed E-state index contributed by atoms with van der Waals surface area (Å²) >= 11 is 0.430. The van der Waals surface area contributed by atoms with Gasteiger partial charge in [0.05, 0.1) is 6.04 Å². The molecule has 1 unspecified atom stereocenters. The highest BCUT2D eigenvalue weighted by Gasteiger charge is 2.36. The van der Waals surface area contributed by atoms with E-state index in [1.165, 1.54) is 0 Å². The molecule has 1 atom stereocenters. The summed E-state index contributed by atoms with van der Waals surface area (Å²) in [6, 6.07) is -0.221. The Labute approximate surface area is 92.1 Å². The van der Waals surface area contributed by atoms with Crippen molar-refractivity contribution in [2.45, 2.75) is 18.6 Å². The Morgan fingerprint density at radius 2 is 2.19 bits per heavy atom. The Balaban J connectivity index is 2.00. The molecular weight excluding hydrogens is 245 g/mol. The fourth-order valence-electron chi connectivity index (χ4n) is 1.28. The second-order valence-corrected chi connectivity index (χ2v) is 4.24. The van der Waals surface area contributed by atoms with Gasteiger partial charge in [0.25, 0.3) is 0 Å². The molecule has 0 radical (unpaired) electrons. The lowest BCUT2D eigenvalue weighted by atomic mass is 10.3. The van der Waals surface area contributed by atoms with E-state index in [9.17, 15) is 18.0 Å². The maximum absolute atomic E-state index is 12.2. The predicted molar refractivity (Wildman–Crippen MR) is 49.9 cm³/mol. The number of aromatic nitrogens is 2. The summed E-state index contributed by atoms with van der Waals surface area (Å²) in [5.74, 6) is -0.127. The van der Waals surface area contributed by atoms with Crippen molar-refractivity contribution in [1.29, 1.82) is 0 Å². The molecule has 0 aromatic carbocycles. The lowest BCUT2D eigenvalue weighted by molar-refractivity contribution is -0.138. The van der Waals surface area contributed by atoms with Crippen molar-refractivity contribution in [2.75, 3.05) is 11.9 Å². The number of hydrogen-bond donors (Lipinski definition) is 2. The first-order valence-corrected chi connectivity index (χ1v) is 5.21. The van der Waals surface area contributed by atoms with Crippen LogP contribution in [0.2, 0.25) is 0 Å². The molecule has 1 aliphatic rings. The van der Waals surface area contributed by atoms with Gasteiger partial charge in [0, 0.05) is 13.0 Å². The van der Waals surface area contributed by atoms with Crippen LogP contribution in [0, 0.1) is 0 Å². The number of alkyl halides is 3. The highest BCUT2D eigenvalue weighted by atomic mass is 32.1. The highest BCUT2D eigenvalue weighted by molar-refractivity contribution is 7.15. The van der Waals surface area contributed by atoms with Crippen LogP contribution in [-0.2, 0) is 11.0 Å². The van der Waals surface area contributed by atoms with Crippen molar-refractivity contribution < 1.29 is 18.0 Å². The van der Waals surface area contributed by atoms with Gasteiger partial charge >= 0.3 is 6.18 Å². The largest absolute Gasteiger partial charge is 0.445 e. The van der Waals surface area contributed by atoms with Crippen LogP contribution >= 0.6 is 11.3 Å². The summed E-state index contributed by atoms with van der Waals surface area (Å²) < 4.78 is 36.6. The fraction of sp³-hybridized carbons (Fsp3) is 0.571. The van der Waals surface area contributed by atoms with E-state index in [0.29, 0.717) is 17.9 Å². The molecule has 16 heavy (non-hydrogen) atoms. The van der Waals surface area contributed by atoms with E-state index in [1.54, 1.807) is 0 Å². The van der Waals surface area contributed by atoms with Crippen LogP contribution in [0.4, 0.5) is 18.3 Å². The van der Waals surface area contributed by atoms with Crippen LogP contribution in [-0.4, -0.2) is 28.7 Å². The molecule has 2 heterocycles. The first kappa shape index (κ1) is 11.1. The molecule has 1 saturated heterocycles. The maximum atomic E-state index is 12.2. The molecule has 1 fully saturated rings. The van der Waals surface area contributed by atoms with Crippen molar-refractivity contribution in [3.8, 4) is 0 Å². The van der Waals surface area contributed by atoms with Crippen molar-refractivity contribution >= 4 is 22.4 Å². The van der Waals surface area contributed by atoms with Crippen LogP contribution in [0.25, 0.3) is 0 Å². The zero-order chi connectivity index (χ0) is 11.8.